The molecule has 306 valence electrons. The van der Waals surface area contributed by atoms with Crippen molar-refractivity contribution in [2.24, 2.45) is 0 Å². The van der Waals surface area contributed by atoms with E-state index in [0.717, 1.165) is 89.8 Å². The summed E-state index contributed by atoms with van der Waals surface area (Å²) >= 11 is 0. The Kier molecular flexibility index (Phi) is 8.40. The van der Waals surface area contributed by atoms with Crippen LogP contribution in [0, 0.1) is 0 Å². The van der Waals surface area contributed by atoms with Crippen LogP contribution in [0.15, 0.2) is 247 Å². The number of hydrogen-bond acceptors (Lipinski definition) is 4. The summed E-state index contributed by atoms with van der Waals surface area (Å²) in [6.45, 7) is 0. The Bertz CT molecular complexity index is 3530. The highest BCUT2D eigenvalue weighted by Gasteiger charge is 2.51. The molecule has 4 nitrogen and oxygen atoms in total. The van der Waals surface area contributed by atoms with E-state index < -0.39 is 5.41 Å². The molecule has 13 rings (SSSR count). The molecule has 10 aromatic carbocycles. The van der Waals surface area contributed by atoms with Gasteiger partial charge in [0.15, 0.2) is 0 Å². The third kappa shape index (κ3) is 5.77. The minimum atomic E-state index is -0.548. The lowest BCUT2D eigenvalue weighted by atomic mass is 9.66. The minimum absolute atomic E-state index is 0.548. The molecular weight excluding hydrogens is 793 g/mol. The van der Waals surface area contributed by atoms with Crippen molar-refractivity contribution in [3.63, 3.8) is 0 Å². The second-order valence-corrected chi connectivity index (χ2v) is 16.8. The lowest BCUT2D eigenvalue weighted by molar-refractivity contribution is 0.436. The monoisotopic (exact) mass is 832 g/mol. The molecule has 0 N–H and O–H groups in total. The average Bonchev–Trinajstić information content (AvgIpc) is 3.89. The van der Waals surface area contributed by atoms with Gasteiger partial charge in [0.05, 0.1) is 5.41 Å². The quantitative estimate of drug-likeness (QED) is 0.160. The molecule has 0 amide bonds. The highest BCUT2D eigenvalue weighted by molar-refractivity contribution is 6.06. The maximum Gasteiger partial charge on any atom is 0.135 e. The van der Waals surface area contributed by atoms with Gasteiger partial charge in [-0.3, -0.25) is 0 Å². The second-order valence-electron chi connectivity index (χ2n) is 16.8. The first-order chi connectivity index (χ1) is 32.2. The van der Waals surface area contributed by atoms with E-state index in [1.807, 2.05) is 12.1 Å². The van der Waals surface area contributed by atoms with Gasteiger partial charge >= 0.3 is 0 Å². The van der Waals surface area contributed by atoms with Crippen LogP contribution in [0.3, 0.4) is 0 Å². The Morgan fingerprint density at radius 3 is 1.45 bits per heavy atom. The van der Waals surface area contributed by atoms with E-state index in [0.29, 0.717) is 0 Å². The smallest absolute Gasteiger partial charge is 0.135 e. The van der Waals surface area contributed by atoms with Crippen LogP contribution in [0.1, 0.15) is 22.3 Å². The Morgan fingerprint density at radius 2 is 0.769 bits per heavy atom. The summed E-state index contributed by atoms with van der Waals surface area (Å²) in [6.07, 6.45) is 0. The van der Waals surface area contributed by atoms with Crippen LogP contribution >= 0.6 is 0 Å². The zero-order valence-electron chi connectivity index (χ0n) is 35.3. The first kappa shape index (κ1) is 37.0. The molecule has 0 radical (unpaired) electrons. The number of furan rings is 1. The van der Waals surface area contributed by atoms with Gasteiger partial charge in [0.25, 0.3) is 0 Å². The largest absolute Gasteiger partial charge is 0.457 e. The van der Waals surface area contributed by atoms with Gasteiger partial charge in [0.1, 0.15) is 22.7 Å². The highest BCUT2D eigenvalue weighted by atomic mass is 16.5. The SMILES string of the molecule is c1ccc(N(c2ccccc2)c2cccc(-c3cccc(N(c4ccc5c(c4)Oc4ccccc4C54c5ccccc5-c5ccccc54)c4ccc5oc6ccccc6c5c4)c3)c2)cc1. The number of rotatable bonds is 7. The van der Waals surface area contributed by atoms with Crippen LogP contribution < -0.4 is 14.5 Å². The number of para-hydroxylation sites is 4. The molecule has 1 spiro atoms. The molecule has 11 aromatic rings. The summed E-state index contributed by atoms with van der Waals surface area (Å²) in [6, 6.07) is 86.7. The Labute approximate surface area is 377 Å². The number of nitrogens with zero attached hydrogens (tertiary/aromatic N) is 2. The normalized spacial score (nSPS) is 12.9. The van der Waals surface area contributed by atoms with E-state index in [2.05, 4.69) is 240 Å². The van der Waals surface area contributed by atoms with Crippen molar-refractivity contribution in [2.75, 3.05) is 9.80 Å². The molecule has 0 saturated carbocycles. The van der Waals surface area contributed by atoms with Crippen LogP contribution in [0.5, 0.6) is 11.5 Å². The van der Waals surface area contributed by atoms with Gasteiger partial charge in [-0.2, -0.15) is 0 Å². The summed E-state index contributed by atoms with van der Waals surface area (Å²) < 4.78 is 13.4. The van der Waals surface area contributed by atoms with E-state index in [1.165, 1.54) is 22.3 Å². The molecular formula is C61H40N2O2. The van der Waals surface area contributed by atoms with Crippen molar-refractivity contribution in [3.8, 4) is 33.8 Å². The van der Waals surface area contributed by atoms with Gasteiger partial charge in [0, 0.05) is 62.1 Å². The van der Waals surface area contributed by atoms with Gasteiger partial charge in [-0.05, 0) is 118 Å². The number of fused-ring (bicyclic) bond motifs is 12. The Hall–Kier alpha value is -8.60. The van der Waals surface area contributed by atoms with Crippen LogP contribution in [0.4, 0.5) is 34.1 Å². The summed E-state index contributed by atoms with van der Waals surface area (Å²) in [4.78, 5) is 4.66. The fourth-order valence-electron chi connectivity index (χ4n) is 10.5. The Morgan fingerprint density at radius 1 is 0.292 bits per heavy atom. The number of benzene rings is 10. The fourth-order valence-corrected chi connectivity index (χ4v) is 10.5. The predicted molar refractivity (Wildman–Crippen MR) is 266 cm³/mol. The molecule has 2 aliphatic rings. The highest BCUT2D eigenvalue weighted by Crippen LogP contribution is 2.62. The third-order valence-electron chi connectivity index (χ3n) is 13.3. The minimum Gasteiger partial charge on any atom is -0.457 e. The summed E-state index contributed by atoms with van der Waals surface area (Å²) in [5.74, 6) is 1.70. The van der Waals surface area contributed by atoms with Crippen molar-refractivity contribution in [3.05, 3.63) is 265 Å². The summed E-state index contributed by atoms with van der Waals surface area (Å²) in [5, 5.41) is 2.15. The molecule has 1 aromatic heterocycles. The molecule has 0 bridgehead atoms. The van der Waals surface area contributed by atoms with Gasteiger partial charge < -0.3 is 19.0 Å². The average molecular weight is 833 g/mol. The van der Waals surface area contributed by atoms with E-state index in [4.69, 9.17) is 9.15 Å². The molecule has 1 aliphatic heterocycles. The molecule has 0 fully saturated rings. The molecule has 0 saturated heterocycles. The second kappa shape index (κ2) is 14.8. The van der Waals surface area contributed by atoms with Crippen LogP contribution in [-0.2, 0) is 5.41 Å². The van der Waals surface area contributed by atoms with Crippen LogP contribution in [0.2, 0.25) is 0 Å². The van der Waals surface area contributed by atoms with E-state index in [-0.39, 0.29) is 0 Å². The lowest BCUT2D eigenvalue weighted by Crippen LogP contribution is -2.32. The molecule has 0 atom stereocenters. The van der Waals surface area contributed by atoms with Crippen molar-refractivity contribution < 1.29 is 9.15 Å². The van der Waals surface area contributed by atoms with Gasteiger partial charge in [-0.25, -0.2) is 0 Å². The van der Waals surface area contributed by atoms with Crippen molar-refractivity contribution in [1.29, 1.82) is 0 Å². The van der Waals surface area contributed by atoms with Gasteiger partial charge in [-0.15, -0.1) is 0 Å². The fraction of sp³-hybridized carbons (Fsp3) is 0.0164. The maximum atomic E-state index is 7.03. The third-order valence-corrected chi connectivity index (χ3v) is 13.3. The van der Waals surface area contributed by atoms with Gasteiger partial charge in [0.2, 0.25) is 0 Å². The Balaban J connectivity index is 0.992. The predicted octanol–water partition coefficient (Wildman–Crippen LogP) is 16.7. The topological polar surface area (TPSA) is 28.9 Å². The number of anilines is 6. The van der Waals surface area contributed by atoms with E-state index >= 15 is 0 Å². The van der Waals surface area contributed by atoms with E-state index in [1.54, 1.807) is 0 Å². The van der Waals surface area contributed by atoms with Gasteiger partial charge in [-0.1, -0.05) is 152 Å². The molecule has 2 heterocycles. The first-order valence-electron chi connectivity index (χ1n) is 22.2. The maximum absolute atomic E-state index is 7.03. The standard InChI is InChI=1S/C61H40N2O2/c1-3-19-43(20-4-1)62(44-21-5-2-6-22-44)45-23-15-17-41(37-45)42-18-16-24-46(38-42)63(47-34-36-58-52(39-47)51-27-9-13-31-57(51)64-58)48-33-35-56-60(40-48)65-59-32-14-12-30-55(59)61(56)53-28-10-7-25-49(53)50-26-8-11-29-54(50)61/h1-40H. The first-order valence-corrected chi connectivity index (χ1v) is 22.2. The molecule has 4 heteroatoms. The van der Waals surface area contributed by atoms with Crippen molar-refractivity contribution in [1.82, 2.24) is 0 Å². The van der Waals surface area contributed by atoms with Crippen molar-refractivity contribution >= 4 is 56.1 Å². The molecule has 1 aliphatic carbocycles. The van der Waals surface area contributed by atoms with Crippen LogP contribution in [-0.4, -0.2) is 0 Å². The molecule has 0 unspecified atom stereocenters. The lowest BCUT2D eigenvalue weighted by Gasteiger charge is -2.40. The van der Waals surface area contributed by atoms with Crippen molar-refractivity contribution in [2.45, 2.75) is 5.41 Å². The summed E-state index contributed by atoms with van der Waals surface area (Å²) in [5.41, 5.74) is 17.0. The summed E-state index contributed by atoms with van der Waals surface area (Å²) in [7, 11) is 0. The number of ether oxygens (including phenoxy) is 1. The van der Waals surface area contributed by atoms with Crippen LogP contribution in [0.25, 0.3) is 44.2 Å². The molecule has 65 heavy (non-hydrogen) atoms. The zero-order valence-corrected chi connectivity index (χ0v) is 35.3. The number of hydrogen-bond donors (Lipinski definition) is 0. The zero-order chi connectivity index (χ0) is 42.9. The van der Waals surface area contributed by atoms with E-state index in [9.17, 15) is 0 Å².